The summed E-state index contributed by atoms with van der Waals surface area (Å²) >= 11 is 0. The van der Waals surface area contributed by atoms with Crippen molar-refractivity contribution >= 4 is 15.9 Å². The molecule has 0 aliphatic carbocycles. The molecule has 110 valence electrons. The lowest BCUT2D eigenvalue weighted by Gasteiger charge is -2.11. The number of hydrogen-bond acceptors (Lipinski definition) is 4. The third-order valence-corrected chi connectivity index (χ3v) is 4.43. The Morgan fingerprint density at radius 3 is 2.30 bits per heavy atom. The quantitative estimate of drug-likeness (QED) is 0.573. The van der Waals surface area contributed by atoms with Crippen LogP contribution in [-0.2, 0) is 19.1 Å². The lowest BCUT2D eigenvalue weighted by molar-refractivity contribution is -0.120. The molecule has 1 aromatic carbocycles. The summed E-state index contributed by atoms with van der Waals surface area (Å²) in [5.74, 6) is -0.254. The molecule has 1 rings (SSSR count). The molecule has 0 radical (unpaired) electrons. The van der Waals surface area contributed by atoms with Gasteiger partial charge < -0.3 is 0 Å². The molecule has 0 bridgehead atoms. The van der Waals surface area contributed by atoms with Crippen LogP contribution in [0.1, 0.15) is 29.5 Å². The van der Waals surface area contributed by atoms with Gasteiger partial charge in [-0.2, -0.15) is 8.42 Å². The molecule has 5 heteroatoms. The van der Waals surface area contributed by atoms with E-state index in [-0.39, 0.29) is 17.1 Å². The molecule has 0 aromatic heterocycles. The average Bonchev–Trinajstić information content (AvgIpc) is 2.32. The van der Waals surface area contributed by atoms with E-state index in [1.807, 2.05) is 6.92 Å². The van der Waals surface area contributed by atoms with Crippen LogP contribution < -0.4 is 0 Å². The number of ketones is 1. The predicted octanol–water partition coefficient (Wildman–Crippen LogP) is 2.85. The minimum Gasteiger partial charge on any atom is -0.297 e. The van der Waals surface area contributed by atoms with Crippen LogP contribution in [0.25, 0.3) is 0 Å². The molecule has 0 atom stereocenters. The van der Waals surface area contributed by atoms with Gasteiger partial charge in [-0.3, -0.25) is 8.98 Å². The van der Waals surface area contributed by atoms with Gasteiger partial charge in [0, 0.05) is 6.42 Å². The first-order valence-corrected chi connectivity index (χ1v) is 7.78. The van der Waals surface area contributed by atoms with E-state index in [4.69, 9.17) is 4.18 Å². The number of rotatable bonds is 7. The molecule has 0 aliphatic heterocycles. The highest BCUT2D eigenvalue weighted by Crippen LogP contribution is 2.23. The number of benzene rings is 1. The minimum absolute atomic E-state index is 0.152. The van der Waals surface area contributed by atoms with Crippen molar-refractivity contribution in [3.8, 4) is 0 Å². The van der Waals surface area contributed by atoms with Gasteiger partial charge in [-0.05, 0) is 38.3 Å². The second-order valence-corrected chi connectivity index (χ2v) is 6.36. The summed E-state index contributed by atoms with van der Waals surface area (Å²) in [4.78, 5) is 11.6. The smallest absolute Gasteiger partial charge is 0.297 e. The lowest BCUT2D eigenvalue weighted by atomic mass is 10.1. The normalized spacial score (nSPS) is 11.3. The van der Waals surface area contributed by atoms with Crippen molar-refractivity contribution in [2.24, 2.45) is 0 Å². The van der Waals surface area contributed by atoms with Crippen LogP contribution in [0.4, 0.5) is 0 Å². The van der Waals surface area contributed by atoms with E-state index in [1.165, 1.54) is 0 Å². The molecule has 0 saturated heterocycles. The van der Waals surface area contributed by atoms with E-state index in [0.29, 0.717) is 17.5 Å². The second kappa shape index (κ2) is 6.81. The number of hydrogen-bond donors (Lipinski definition) is 0. The molecule has 4 nitrogen and oxygen atoms in total. The summed E-state index contributed by atoms with van der Waals surface area (Å²) in [5.41, 5.74) is 2.24. The fraction of sp³-hybridized carbons (Fsp3) is 0.400. The fourth-order valence-corrected chi connectivity index (χ4v) is 3.41. The highest BCUT2D eigenvalue weighted by Gasteiger charge is 2.22. The van der Waals surface area contributed by atoms with Crippen LogP contribution >= 0.6 is 0 Å². The van der Waals surface area contributed by atoms with Gasteiger partial charge in [0.25, 0.3) is 10.1 Å². The zero-order chi connectivity index (χ0) is 15.3. The first-order chi connectivity index (χ1) is 9.27. The van der Waals surface area contributed by atoms with Crippen molar-refractivity contribution in [2.45, 2.75) is 38.5 Å². The topological polar surface area (TPSA) is 60.4 Å². The van der Waals surface area contributed by atoms with E-state index in [1.54, 1.807) is 32.1 Å². The van der Waals surface area contributed by atoms with Crippen LogP contribution in [0.5, 0.6) is 0 Å². The Bertz CT molecular complexity index is 592. The van der Waals surface area contributed by atoms with Gasteiger partial charge in [-0.15, -0.1) is 6.58 Å². The van der Waals surface area contributed by atoms with Gasteiger partial charge >= 0.3 is 0 Å². The maximum absolute atomic E-state index is 12.2. The molecular weight excluding hydrogens is 276 g/mol. The maximum Gasteiger partial charge on any atom is 0.297 e. The van der Waals surface area contributed by atoms with Crippen LogP contribution in [0.2, 0.25) is 0 Å². The van der Waals surface area contributed by atoms with Crippen LogP contribution in [-0.4, -0.2) is 20.8 Å². The lowest BCUT2D eigenvalue weighted by Crippen LogP contribution is -2.16. The summed E-state index contributed by atoms with van der Waals surface area (Å²) in [6, 6.07) is 3.56. The molecule has 1 aromatic rings. The van der Waals surface area contributed by atoms with Crippen molar-refractivity contribution < 1.29 is 17.4 Å². The molecule has 0 heterocycles. The molecule has 0 N–H and O–H groups in total. The first kappa shape index (κ1) is 16.6. The summed E-state index contributed by atoms with van der Waals surface area (Å²) < 4.78 is 29.2. The zero-order valence-corrected chi connectivity index (χ0v) is 12.9. The zero-order valence-electron chi connectivity index (χ0n) is 12.1. The molecule has 20 heavy (non-hydrogen) atoms. The highest BCUT2D eigenvalue weighted by atomic mass is 32.2. The Kier molecular flexibility index (Phi) is 5.65. The standard InChI is InChI=1S/C15H20O4S/c1-5-6-7-14(16)10-19-20(17,18)15-12(3)8-11(2)9-13(15)4/h5,8-9H,1,6-7,10H2,2-4H3. The fourth-order valence-electron chi connectivity index (χ4n) is 2.10. The third kappa shape index (κ3) is 4.28. The summed E-state index contributed by atoms with van der Waals surface area (Å²) in [6.45, 7) is 8.42. The third-order valence-electron chi connectivity index (χ3n) is 2.86. The minimum atomic E-state index is -3.91. The Morgan fingerprint density at radius 2 is 1.80 bits per heavy atom. The molecule has 0 unspecified atom stereocenters. The van der Waals surface area contributed by atoms with E-state index >= 15 is 0 Å². The van der Waals surface area contributed by atoms with Gasteiger partial charge in [0.2, 0.25) is 0 Å². The highest BCUT2D eigenvalue weighted by molar-refractivity contribution is 7.86. The molecule has 0 aliphatic rings. The van der Waals surface area contributed by atoms with Crippen LogP contribution in [0.15, 0.2) is 29.7 Å². The summed E-state index contributed by atoms with van der Waals surface area (Å²) in [5, 5.41) is 0. The van der Waals surface area contributed by atoms with Gasteiger partial charge in [-0.25, -0.2) is 0 Å². The maximum atomic E-state index is 12.2. The number of Topliss-reactive ketones (excluding diaryl/α,β-unsaturated/α-hetero) is 1. The van der Waals surface area contributed by atoms with Gasteiger partial charge in [0.05, 0.1) is 4.90 Å². The van der Waals surface area contributed by atoms with E-state index in [0.717, 1.165) is 5.56 Å². The molecule has 0 amide bonds. The van der Waals surface area contributed by atoms with Crippen LogP contribution in [0, 0.1) is 20.8 Å². The number of carbonyl (C=O) groups excluding carboxylic acids is 1. The molecule has 0 saturated carbocycles. The predicted molar refractivity (Wildman–Crippen MR) is 78.2 cm³/mol. The van der Waals surface area contributed by atoms with Gasteiger partial charge in [0.15, 0.2) is 5.78 Å². The van der Waals surface area contributed by atoms with Gasteiger partial charge in [0.1, 0.15) is 6.61 Å². The van der Waals surface area contributed by atoms with Crippen molar-refractivity contribution in [1.29, 1.82) is 0 Å². The number of carbonyl (C=O) groups is 1. The summed E-state index contributed by atoms with van der Waals surface area (Å²) in [7, 11) is -3.91. The van der Waals surface area contributed by atoms with Crippen molar-refractivity contribution in [3.05, 3.63) is 41.5 Å². The van der Waals surface area contributed by atoms with E-state index < -0.39 is 16.7 Å². The van der Waals surface area contributed by atoms with Crippen LogP contribution in [0.3, 0.4) is 0 Å². The Labute approximate surface area is 120 Å². The Morgan fingerprint density at radius 1 is 1.25 bits per heavy atom. The summed E-state index contributed by atoms with van der Waals surface area (Å²) in [6.07, 6.45) is 2.37. The molecule has 0 spiro atoms. The first-order valence-electron chi connectivity index (χ1n) is 6.38. The Balaban J connectivity index is 2.90. The van der Waals surface area contributed by atoms with Gasteiger partial charge in [-0.1, -0.05) is 23.8 Å². The molecular formula is C15H20O4S. The Hall–Kier alpha value is -1.46. The van der Waals surface area contributed by atoms with E-state index in [2.05, 4.69) is 6.58 Å². The molecule has 0 fully saturated rings. The largest absolute Gasteiger partial charge is 0.297 e. The van der Waals surface area contributed by atoms with Crippen molar-refractivity contribution in [1.82, 2.24) is 0 Å². The van der Waals surface area contributed by atoms with Crippen molar-refractivity contribution in [3.63, 3.8) is 0 Å². The number of aryl methyl sites for hydroxylation is 3. The monoisotopic (exact) mass is 296 g/mol. The SMILES string of the molecule is C=CCCC(=O)COS(=O)(=O)c1c(C)cc(C)cc1C. The number of allylic oxidation sites excluding steroid dienone is 1. The van der Waals surface area contributed by atoms with E-state index in [9.17, 15) is 13.2 Å². The average molecular weight is 296 g/mol. The second-order valence-electron chi connectivity index (χ2n) is 4.81. The van der Waals surface area contributed by atoms with Crippen molar-refractivity contribution in [2.75, 3.05) is 6.61 Å².